The highest BCUT2D eigenvalue weighted by atomic mass is 35.5. The minimum atomic E-state index is -0.478. The number of thioether (sulfide) groups is 1. The number of ether oxygens (including phenoxy) is 2. The van der Waals surface area contributed by atoms with Crippen LogP contribution in [0.2, 0.25) is 10.0 Å². The second-order valence-corrected chi connectivity index (χ2v) is 10.5. The van der Waals surface area contributed by atoms with Crippen LogP contribution >= 0.6 is 35.0 Å². The number of hydrogen-bond acceptors (Lipinski definition) is 6. The molecule has 1 aliphatic heterocycles. The van der Waals surface area contributed by atoms with Crippen molar-refractivity contribution < 1.29 is 23.9 Å². The third-order valence-electron chi connectivity index (χ3n) is 6.09. The number of benzene rings is 3. The second-order valence-electron chi connectivity index (χ2n) is 8.69. The van der Waals surface area contributed by atoms with Crippen molar-refractivity contribution in [3.63, 3.8) is 0 Å². The third kappa shape index (κ3) is 5.89. The molecule has 204 valence electrons. The number of fused-ring (bicyclic) bond motifs is 1. The molecule has 9 nitrogen and oxygen atoms in total. The summed E-state index contributed by atoms with van der Waals surface area (Å²) in [6, 6.07) is 15.4. The number of carbonyl (C=O) groups excluding carboxylic acids is 3. The van der Waals surface area contributed by atoms with Crippen LogP contribution in [0.25, 0.3) is 17.0 Å². The molecule has 0 saturated carbocycles. The third-order valence-corrected chi connectivity index (χ3v) is 7.64. The number of nitrogens with zero attached hydrogens (tertiary/aromatic N) is 1. The molecule has 0 aliphatic carbocycles. The number of aromatic nitrogens is 1. The molecule has 5 rings (SSSR count). The van der Waals surface area contributed by atoms with E-state index in [-0.39, 0.29) is 4.91 Å². The highest BCUT2D eigenvalue weighted by molar-refractivity contribution is 8.18. The molecule has 2 heterocycles. The van der Waals surface area contributed by atoms with Crippen molar-refractivity contribution in [1.29, 1.82) is 0 Å². The molecule has 4 aromatic rings. The van der Waals surface area contributed by atoms with E-state index >= 15 is 0 Å². The average molecular weight is 597 g/mol. The normalized spacial score (nSPS) is 13.9. The van der Waals surface area contributed by atoms with Crippen LogP contribution in [-0.2, 0) is 11.3 Å². The van der Waals surface area contributed by atoms with Gasteiger partial charge in [0.2, 0.25) is 0 Å². The van der Waals surface area contributed by atoms with Gasteiger partial charge in [-0.2, -0.15) is 0 Å². The van der Waals surface area contributed by atoms with Crippen molar-refractivity contribution in [2.45, 2.75) is 6.54 Å². The molecule has 0 bridgehead atoms. The Morgan fingerprint density at radius 2 is 1.82 bits per heavy atom. The van der Waals surface area contributed by atoms with Crippen LogP contribution in [0.4, 0.5) is 21.0 Å². The van der Waals surface area contributed by atoms with Crippen LogP contribution in [0.15, 0.2) is 65.7 Å². The van der Waals surface area contributed by atoms with Gasteiger partial charge in [0, 0.05) is 41.0 Å². The predicted octanol–water partition coefficient (Wildman–Crippen LogP) is 6.98. The van der Waals surface area contributed by atoms with Crippen LogP contribution in [0.1, 0.15) is 11.1 Å². The number of hydrogen-bond donors (Lipinski definition) is 3. The average Bonchev–Trinajstić information content (AvgIpc) is 3.43. The number of imide groups is 1. The molecule has 1 aromatic heterocycles. The van der Waals surface area contributed by atoms with Gasteiger partial charge in [-0.25, -0.2) is 4.79 Å². The summed E-state index contributed by atoms with van der Waals surface area (Å²) in [6.45, 7) is 0.472. The van der Waals surface area contributed by atoms with Gasteiger partial charge in [0.05, 0.1) is 34.9 Å². The Morgan fingerprint density at radius 1 is 1.00 bits per heavy atom. The fraction of sp³-hybridized carbons (Fsp3) is 0.107. The Morgan fingerprint density at radius 3 is 2.52 bits per heavy atom. The lowest BCUT2D eigenvalue weighted by Crippen LogP contribution is -2.19. The molecule has 1 aliphatic rings. The Balaban J connectivity index is 1.47. The van der Waals surface area contributed by atoms with Gasteiger partial charge in [0.1, 0.15) is 11.5 Å². The Bertz CT molecular complexity index is 1700. The van der Waals surface area contributed by atoms with E-state index in [0.717, 1.165) is 28.2 Å². The zero-order valence-electron chi connectivity index (χ0n) is 21.2. The van der Waals surface area contributed by atoms with E-state index in [1.807, 2.05) is 22.9 Å². The van der Waals surface area contributed by atoms with E-state index in [0.29, 0.717) is 45.0 Å². The zero-order valence-corrected chi connectivity index (χ0v) is 23.5. The lowest BCUT2D eigenvalue weighted by molar-refractivity contribution is -0.115. The van der Waals surface area contributed by atoms with Gasteiger partial charge in [0.25, 0.3) is 11.1 Å². The van der Waals surface area contributed by atoms with Crippen molar-refractivity contribution in [2.24, 2.45) is 0 Å². The summed E-state index contributed by atoms with van der Waals surface area (Å²) in [5, 5.41) is 9.12. The zero-order chi connectivity index (χ0) is 28.4. The van der Waals surface area contributed by atoms with Crippen LogP contribution in [0.3, 0.4) is 0 Å². The van der Waals surface area contributed by atoms with Gasteiger partial charge in [-0.15, -0.1) is 0 Å². The van der Waals surface area contributed by atoms with Gasteiger partial charge >= 0.3 is 6.03 Å². The Kier molecular flexibility index (Phi) is 7.92. The molecule has 3 N–H and O–H groups in total. The standard InChI is InChI=1S/C28H22Cl2N4O5S/c1-38-18-5-7-22(24(12-18)39-2)32-27(36)31-17-4-8-23-19(11-17)16(10-25-26(35)33-28(37)40-25)14-34(23)13-15-3-6-20(29)21(30)9-15/h3-12,14H,13H2,1-2H3,(H2,31,32,36)(H,33,35,37). The molecule has 0 atom stereocenters. The molecule has 0 spiro atoms. The number of nitrogens with one attached hydrogen (secondary N) is 3. The molecule has 3 aromatic carbocycles. The number of urea groups is 1. The minimum absolute atomic E-state index is 0.279. The van der Waals surface area contributed by atoms with Crippen LogP contribution in [0.5, 0.6) is 11.5 Å². The minimum Gasteiger partial charge on any atom is -0.497 e. The summed E-state index contributed by atoms with van der Waals surface area (Å²) in [5.41, 5.74) is 3.44. The maximum absolute atomic E-state index is 12.8. The van der Waals surface area contributed by atoms with E-state index in [1.165, 1.54) is 7.11 Å². The summed E-state index contributed by atoms with van der Waals surface area (Å²) < 4.78 is 12.5. The summed E-state index contributed by atoms with van der Waals surface area (Å²) in [4.78, 5) is 37.1. The quantitative estimate of drug-likeness (QED) is 0.198. The highest BCUT2D eigenvalue weighted by Gasteiger charge is 2.25. The molecule has 4 amide bonds. The smallest absolute Gasteiger partial charge is 0.323 e. The molecule has 12 heteroatoms. The fourth-order valence-corrected chi connectivity index (χ4v) is 5.23. The molecular formula is C28H22Cl2N4O5S. The van der Waals surface area contributed by atoms with Gasteiger partial charge in [-0.3, -0.25) is 14.9 Å². The molecule has 0 unspecified atom stereocenters. The first-order chi connectivity index (χ1) is 19.2. The number of halogens is 2. The first-order valence-electron chi connectivity index (χ1n) is 11.9. The van der Waals surface area contributed by atoms with Crippen molar-refractivity contribution in [2.75, 3.05) is 24.9 Å². The van der Waals surface area contributed by atoms with Crippen LogP contribution < -0.4 is 25.4 Å². The first kappa shape index (κ1) is 27.4. The molecule has 0 radical (unpaired) electrons. The number of carbonyl (C=O) groups is 3. The monoisotopic (exact) mass is 596 g/mol. The lowest BCUT2D eigenvalue weighted by atomic mass is 10.1. The van der Waals surface area contributed by atoms with Crippen LogP contribution in [0, 0.1) is 0 Å². The van der Waals surface area contributed by atoms with Crippen molar-refractivity contribution >= 4 is 80.5 Å². The Labute approximate surface area is 243 Å². The number of methoxy groups -OCH3 is 2. The van der Waals surface area contributed by atoms with E-state index in [2.05, 4.69) is 16.0 Å². The van der Waals surface area contributed by atoms with Gasteiger partial charge < -0.3 is 24.7 Å². The SMILES string of the molecule is COc1ccc(NC(=O)Nc2ccc3c(c2)c(C=C2SC(=O)NC2=O)cn3Cc2ccc(Cl)c(Cl)c2)c(OC)c1. The number of anilines is 2. The number of amides is 4. The first-order valence-corrected chi connectivity index (χ1v) is 13.4. The van der Waals surface area contributed by atoms with Crippen molar-refractivity contribution in [3.8, 4) is 11.5 Å². The number of rotatable bonds is 7. The van der Waals surface area contributed by atoms with E-state index < -0.39 is 17.2 Å². The maximum atomic E-state index is 12.8. The summed E-state index contributed by atoms with van der Waals surface area (Å²) in [7, 11) is 3.05. The topological polar surface area (TPSA) is 111 Å². The summed E-state index contributed by atoms with van der Waals surface area (Å²) in [5.74, 6) is 0.582. The van der Waals surface area contributed by atoms with Crippen molar-refractivity contribution in [3.05, 3.63) is 86.9 Å². The lowest BCUT2D eigenvalue weighted by Gasteiger charge is -2.13. The Hall–Kier alpha value is -4.12. The molecule has 40 heavy (non-hydrogen) atoms. The predicted molar refractivity (Wildman–Crippen MR) is 159 cm³/mol. The van der Waals surface area contributed by atoms with Gasteiger partial charge in [-0.05, 0) is 65.9 Å². The summed E-state index contributed by atoms with van der Waals surface area (Å²) >= 11 is 13.1. The van der Waals surface area contributed by atoms with E-state index in [9.17, 15) is 14.4 Å². The van der Waals surface area contributed by atoms with Gasteiger partial charge in [-0.1, -0.05) is 29.3 Å². The molecule has 1 saturated heterocycles. The van der Waals surface area contributed by atoms with Gasteiger partial charge in [0.15, 0.2) is 0 Å². The molecular weight excluding hydrogens is 575 g/mol. The van der Waals surface area contributed by atoms with E-state index in [4.69, 9.17) is 32.7 Å². The molecule has 1 fully saturated rings. The highest BCUT2D eigenvalue weighted by Crippen LogP contribution is 2.33. The maximum Gasteiger partial charge on any atom is 0.323 e. The second kappa shape index (κ2) is 11.5. The van der Waals surface area contributed by atoms with Crippen molar-refractivity contribution in [1.82, 2.24) is 9.88 Å². The largest absolute Gasteiger partial charge is 0.497 e. The van der Waals surface area contributed by atoms with Crippen LogP contribution in [-0.4, -0.2) is 36.0 Å². The fourth-order valence-electron chi connectivity index (χ4n) is 4.23. The van der Waals surface area contributed by atoms with E-state index in [1.54, 1.807) is 55.7 Å². The summed E-state index contributed by atoms with van der Waals surface area (Å²) in [6.07, 6.45) is 3.54.